The highest BCUT2D eigenvalue weighted by atomic mass is 16.4. The van der Waals surface area contributed by atoms with Gasteiger partial charge < -0.3 is 5.11 Å². The van der Waals surface area contributed by atoms with Gasteiger partial charge in [0.1, 0.15) is 0 Å². The van der Waals surface area contributed by atoms with Crippen molar-refractivity contribution in [2.24, 2.45) is 0 Å². The molecular weight excluding hydrogens is 210 g/mol. The molecule has 0 unspecified atom stereocenters. The predicted molar refractivity (Wildman–Crippen MR) is 53.4 cm³/mol. The highest BCUT2D eigenvalue weighted by Gasteiger charge is 2.11. The van der Waals surface area contributed by atoms with Gasteiger partial charge in [-0.05, 0) is 13.8 Å². The number of hydrogen-bond donors (Lipinski definition) is 1. The average molecular weight is 219 g/mol. The van der Waals surface area contributed by atoms with E-state index in [9.17, 15) is 4.79 Å². The minimum absolute atomic E-state index is 0.123. The van der Waals surface area contributed by atoms with E-state index in [1.165, 1.54) is 10.9 Å². The van der Waals surface area contributed by atoms with E-state index in [0.29, 0.717) is 11.5 Å². The number of carboxylic acid groups (broad SMARTS) is 1. The van der Waals surface area contributed by atoms with Crippen molar-refractivity contribution in [2.75, 3.05) is 0 Å². The Balaban J connectivity index is 2.46. The third-order valence-electron chi connectivity index (χ3n) is 1.97. The summed E-state index contributed by atoms with van der Waals surface area (Å²) in [6.07, 6.45) is 2.89. The van der Waals surface area contributed by atoms with Crippen LogP contribution in [0.3, 0.4) is 0 Å². The first-order valence-electron chi connectivity index (χ1n) is 4.54. The first kappa shape index (κ1) is 10.2. The van der Waals surface area contributed by atoms with Crippen LogP contribution >= 0.6 is 0 Å². The Morgan fingerprint density at radius 2 is 2.19 bits per heavy atom. The lowest BCUT2D eigenvalue weighted by atomic mass is 10.4. The fourth-order valence-corrected chi connectivity index (χ4v) is 1.28. The average Bonchev–Trinajstić information content (AvgIpc) is 2.66. The Kier molecular flexibility index (Phi) is 2.35. The second-order valence-corrected chi connectivity index (χ2v) is 3.27. The lowest BCUT2D eigenvalue weighted by molar-refractivity contribution is 0.0690. The molecule has 82 valence electrons. The summed E-state index contributed by atoms with van der Waals surface area (Å²) >= 11 is 0. The third-order valence-corrected chi connectivity index (χ3v) is 1.97. The Morgan fingerprint density at radius 3 is 2.75 bits per heavy atom. The van der Waals surface area contributed by atoms with Crippen LogP contribution in [0.4, 0.5) is 0 Å². The number of aromatic nitrogens is 5. The van der Waals surface area contributed by atoms with Crippen molar-refractivity contribution >= 4 is 5.97 Å². The van der Waals surface area contributed by atoms with E-state index in [1.54, 1.807) is 13.1 Å². The van der Waals surface area contributed by atoms with Crippen LogP contribution in [0.25, 0.3) is 5.82 Å². The number of aromatic carboxylic acids is 1. The highest BCUT2D eigenvalue weighted by molar-refractivity contribution is 5.84. The lowest BCUT2D eigenvalue weighted by Gasteiger charge is -2.02. The van der Waals surface area contributed by atoms with Gasteiger partial charge in [-0.25, -0.2) is 9.78 Å². The minimum atomic E-state index is -1.12. The van der Waals surface area contributed by atoms with Crippen LogP contribution in [0.15, 0.2) is 12.4 Å². The van der Waals surface area contributed by atoms with E-state index in [0.717, 1.165) is 5.69 Å². The molecule has 2 rings (SSSR count). The number of aryl methyl sites for hydroxylation is 2. The van der Waals surface area contributed by atoms with E-state index < -0.39 is 5.97 Å². The molecule has 0 aliphatic rings. The summed E-state index contributed by atoms with van der Waals surface area (Å²) in [5.74, 6) is -0.644. The molecule has 16 heavy (non-hydrogen) atoms. The van der Waals surface area contributed by atoms with Crippen molar-refractivity contribution in [1.82, 2.24) is 25.0 Å². The third kappa shape index (κ3) is 1.74. The SMILES string of the molecule is Cc1cnc(-n2cc(C(=O)O)nn2)c(C)n1. The van der Waals surface area contributed by atoms with Crippen molar-refractivity contribution in [2.45, 2.75) is 13.8 Å². The van der Waals surface area contributed by atoms with Gasteiger partial charge in [-0.2, -0.15) is 4.68 Å². The Bertz CT molecular complexity index is 549. The van der Waals surface area contributed by atoms with Crippen molar-refractivity contribution in [1.29, 1.82) is 0 Å². The van der Waals surface area contributed by atoms with E-state index in [-0.39, 0.29) is 5.69 Å². The van der Waals surface area contributed by atoms with Crippen LogP contribution < -0.4 is 0 Å². The smallest absolute Gasteiger partial charge is 0.358 e. The van der Waals surface area contributed by atoms with Crippen molar-refractivity contribution in [3.8, 4) is 5.82 Å². The maximum absolute atomic E-state index is 10.6. The molecule has 0 atom stereocenters. The maximum atomic E-state index is 10.6. The maximum Gasteiger partial charge on any atom is 0.358 e. The largest absolute Gasteiger partial charge is 0.476 e. The molecule has 7 nitrogen and oxygen atoms in total. The van der Waals surface area contributed by atoms with Crippen LogP contribution in [-0.4, -0.2) is 36.0 Å². The first-order chi connectivity index (χ1) is 7.58. The van der Waals surface area contributed by atoms with Gasteiger partial charge in [-0.15, -0.1) is 5.10 Å². The monoisotopic (exact) mass is 219 g/mol. The summed E-state index contributed by atoms with van der Waals surface area (Å²) in [5, 5.41) is 15.9. The van der Waals surface area contributed by atoms with Gasteiger partial charge in [0.25, 0.3) is 0 Å². The highest BCUT2D eigenvalue weighted by Crippen LogP contribution is 2.07. The fourth-order valence-electron chi connectivity index (χ4n) is 1.28. The summed E-state index contributed by atoms with van der Waals surface area (Å²) in [7, 11) is 0. The minimum Gasteiger partial charge on any atom is -0.476 e. The second kappa shape index (κ2) is 3.69. The fraction of sp³-hybridized carbons (Fsp3) is 0.222. The molecule has 0 bridgehead atoms. The van der Waals surface area contributed by atoms with Gasteiger partial charge in [-0.3, -0.25) is 4.98 Å². The van der Waals surface area contributed by atoms with Crippen LogP contribution in [0.1, 0.15) is 21.9 Å². The van der Waals surface area contributed by atoms with Crippen LogP contribution in [0, 0.1) is 13.8 Å². The van der Waals surface area contributed by atoms with Gasteiger partial charge in [0.2, 0.25) is 0 Å². The van der Waals surface area contributed by atoms with Crippen molar-refractivity contribution < 1.29 is 9.90 Å². The number of rotatable bonds is 2. The zero-order valence-corrected chi connectivity index (χ0v) is 8.75. The summed E-state index contributed by atoms with van der Waals surface area (Å²) in [6, 6.07) is 0. The summed E-state index contributed by atoms with van der Waals surface area (Å²) < 4.78 is 1.30. The van der Waals surface area contributed by atoms with E-state index in [2.05, 4.69) is 20.3 Å². The molecule has 0 fully saturated rings. The van der Waals surface area contributed by atoms with Crippen molar-refractivity contribution in [3.63, 3.8) is 0 Å². The van der Waals surface area contributed by atoms with Crippen LogP contribution in [-0.2, 0) is 0 Å². The summed E-state index contributed by atoms with van der Waals surface area (Å²) in [4.78, 5) is 19.0. The quantitative estimate of drug-likeness (QED) is 0.784. The topological polar surface area (TPSA) is 93.8 Å². The Hall–Kier alpha value is -2.31. The molecule has 1 N–H and O–H groups in total. The number of nitrogens with zero attached hydrogens (tertiary/aromatic N) is 5. The van der Waals surface area contributed by atoms with Gasteiger partial charge >= 0.3 is 5.97 Å². The number of hydrogen-bond acceptors (Lipinski definition) is 5. The number of carboxylic acids is 1. The molecule has 7 heteroatoms. The normalized spacial score (nSPS) is 10.4. The lowest BCUT2D eigenvalue weighted by Crippen LogP contribution is -2.04. The van der Waals surface area contributed by atoms with Gasteiger partial charge in [0.15, 0.2) is 11.5 Å². The molecule has 2 aromatic heterocycles. The molecule has 0 aliphatic carbocycles. The van der Waals surface area contributed by atoms with Gasteiger partial charge in [0, 0.05) is 0 Å². The Labute approximate surface area is 90.8 Å². The molecule has 0 amide bonds. The van der Waals surface area contributed by atoms with Gasteiger partial charge in [0.05, 0.1) is 23.8 Å². The molecule has 0 aliphatic heterocycles. The molecular formula is C9H9N5O2. The zero-order valence-electron chi connectivity index (χ0n) is 8.75. The second-order valence-electron chi connectivity index (χ2n) is 3.27. The van der Waals surface area contributed by atoms with Crippen molar-refractivity contribution in [3.05, 3.63) is 29.5 Å². The molecule has 0 saturated carbocycles. The van der Waals surface area contributed by atoms with Crippen LogP contribution in [0.5, 0.6) is 0 Å². The molecule has 0 saturated heterocycles. The zero-order chi connectivity index (χ0) is 11.7. The van der Waals surface area contributed by atoms with Gasteiger partial charge in [-0.1, -0.05) is 5.21 Å². The van der Waals surface area contributed by atoms with E-state index in [1.807, 2.05) is 6.92 Å². The summed E-state index contributed by atoms with van der Waals surface area (Å²) in [6.45, 7) is 3.60. The van der Waals surface area contributed by atoms with Crippen LogP contribution in [0.2, 0.25) is 0 Å². The molecule has 2 aromatic rings. The number of carbonyl (C=O) groups is 1. The van der Waals surface area contributed by atoms with E-state index in [4.69, 9.17) is 5.11 Å². The molecule has 2 heterocycles. The first-order valence-corrected chi connectivity index (χ1v) is 4.54. The molecule has 0 aromatic carbocycles. The Morgan fingerprint density at radius 1 is 1.44 bits per heavy atom. The standard InChI is InChI=1S/C9H9N5O2/c1-5-3-10-8(6(2)11-5)14-4-7(9(15)16)12-13-14/h3-4H,1-2H3,(H,15,16). The molecule has 0 radical (unpaired) electrons. The van der Waals surface area contributed by atoms with E-state index >= 15 is 0 Å². The molecule has 0 spiro atoms. The summed E-state index contributed by atoms with van der Waals surface area (Å²) in [5.41, 5.74) is 1.34. The predicted octanol–water partition coefficient (Wildman–Crippen LogP) is 0.372.